The van der Waals surface area contributed by atoms with Crippen LogP contribution in [0.1, 0.15) is 23.7 Å². The van der Waals surface area contributed by atoms with Gasteiger partial charge in [-0.1, -0.05) is 30.3 Å². The van der Waals surface area contributed by atoms with Gasteiger partial charge >= 0.3 is 0 Å². The van der Waals surface area contributed by atoms with E-state index < -0.39 is 0 Å². The molecule has 2 aromatic heterocycles. The van der Waals surface area contributed by atoms with Crippen LogP contribution >= 0.6 is 0 Å². The Morgan fingerprint density at radius 2 is 1.76 bits per heavy atom. The molecule has 0 saturated heterocycles. The number of nitrogens with one attached hydrogen (secondary N) is 2. The Bertz CT molecular complexity index is 1110. The van der Waals surface area contributed by atoms with Crippen molar-refractivity contribution in [1.82, 2.24) is 25.3 Å². The zero-order chi connectivity index (χ0) is 20.1. The largest absolute Gasteiger partial charge is 0.370 e. The Morgan fingerprint density at radius 3 is 2.62 bits per heavy atom. The zero-order valence-corrected chi connectivity index (χ0v) is 16.1. The van der Waals surface area contributed by atoms with Crippen LogP contribution < -0.4 is 10.6 Å². The van der Waals surface area contributed by atoms with E-state index in [9.17, 15) is 4.79 Å². The van der Waals surface area contributed by atoms with Crippen molar-refractivity contribution in [2.45, 2.75) is 19.4 Å². The molecule has 1 atom stereocenters. The van der Waals surface area contributed by atoms with Gasteiger partial charge in [0.05, 0.1) is 29.2 Å². The molecule has 2 N–H and O–H groups in total. The van der Waals surface area contributed by atoms with Crippen LogP contribution in [0, 0.1) is 0 Å². The van der Waals surface area contributed by atoms with Crippen LogP contribution in [0.2, 0.25) is 0 Å². The fourth-order valence-corrected chi connectivity index (χ4v) is 3.14. The number of pyridine rings is 1. The summed E-state index contributed by atoms with van der Waals surface area (Å²) in [6.07, 6.45) is 3.94. The van der Waals surface area contributed by atoms with Gasteiger partial charge < -0.3 is 10.6 Å². The third-order valence-electron chi connectivity index (χ3n) is 4.64. The Morgan fingerprint density at radius 1 is 1.00 bits per heavy atom. The minimum Gasteiger partial charge on any atom is -0.370 e. The minimum absolute atomic E-state index is 0.00547. The van der Waals surface area contributed by atoms with Crippen LogP contribution in [-0.4, -0.2) is 38.5 Å². The second-order valence-corrected chi connectivity index (χ2v) is 6.81. The van der Waals surface area contributed by atoms with Crippen LogP contribution in [0.15, 0.2) is 73.1 Å². The highest BCUT2D eigenvalue weighted by molar-refractivity contribution is 5.97. The molecule has 0 spiro atoms. The first kappa shape index (κ1) is 18.6. The normalized spacial score (nSPS) is 11.9. The summed E-state index contributed by atoms with van der Waals surface area (Å²) in [6.45, 7) is 2.69. The summed E-state index contributed by atoms with van der Waals surface area (Å²) in [7, 11) is 0. The summed E-state index contributed by atoms with van der Waals surface area (Å²) >= 11 is 0. The Labute approximate surface area is 168 Å². The van der Waals surface area contributed by atoms with Crippen molar-refractivity contribution in [3.05, 3.63) is 78.6 Å². The molecule has 0 aliphatic carbocycles. The van der Waals surface area contributed by atoms with Crippen molar-refractivity contribution in [3.63, 3.8) is 0 Å². The van der Waals surface area contributed by atoms with Crippen molar-refractivity contribution in [2.75, 3.05) is 11.9 Å². The molecule has 146 valence electrons. The Kier molecular flexibility index (Phi) is 5.47. The highest BCUT2D eigenvalue weighted by Crippen LogP contribution is 2.15. The van der Waals surface area contributed by atoms with Crippen molar-refractivity contribution in [3.8, 4) is 5.69 Å². The van der Waals surface area contributed by atoms with Crippen molar-refractivity contribution >= 4 is 22.6 Å². The standard InChI is InChI=1S/C22H22N6O/c1-16(12-13-23-21-11-10-17-6-2-4-8-19(17)27-21)26-22(29)18-7-3-5-9-20(18)28-24-14-15-25-28/h2-11,14-16H,12-13H2,1H3,(H,23,27)(H,26,29). The van der Waals surface area contributed by atoms with Crippen LogP contribution in [0.25, 0.3) is 16.6 Å². The number of carbonyl (C=O) groups excluding carboxylic acids is 1. The van der Waals surface area contributed by atoms with E-state index in [0.29, 0.717) is 17.8 Å². The maximum absolute atomic E-state index is 12.7. The number of amides is 1. The smallest absolute Gasteiger partial charge is 0.253 e. The highest BCUT2D eigenvalue weighted by Gasteiger charge is 2.15. The minimum atomic E-state index is -0.144. The van der Waals surface area contributed by atoms with Gasteiger partial charge in [0.1, 0.15) is 5.82 Å². The lowest BCUT2D eigenvalue weighted by Gasteiger charge is -2.16. The second kappa shape index (κ2) is 8.52. The second-order valence-electron chi connectivity index (χ2n) is 6.81. The summed E-state index contributed by atoms with van der Waals surface area (Å²) in [5, 5.41) is 15.7. The molecule has 0 saturated carbocycles. The number of para-hydroxylation sites is 2. The van der Waals surface area contributed by atoms with Gasteiger partial charge in [-0.3, -0.25) is 4.79 Å². The molecular formula is C22H22N6O. The van der Waals surface area contributed by atoms with E-state index in [1.807, 2.05) is 55.5 Å². The van der Waals surface area contributed by atoms with E-state index in [0.717, 1.165) is 23.1 Å². The molecule has 0 aliphatic heterocycles. The van der Waals surface area contributed by atoms with E-state index in [-0.39, 0.29) is 11.9 Å². The van der Waals surface area contributed by atoms with Gasteiger partial charge in [-0.25, -0.2) is 4.98 Å². The Hall–Kier alpha value is -3.74. The predicted molar refractivity (Wildman–Crippen MR) is 113 cm³/mol. The Balaban J connectivity index is 1.34. The van der Waals surface area contributed by atoms with Crippen LogP contribution in [0.4, 0.5) is 5.82 Å². The average molecular weight is 386 g/mol. The summed E-state index contributed by atoms with van der Waals surface area (Å²) in [5.41, 5.74) is 2.16. The molecule has 4 aromatic rings. The molecule has 4 rings (SSSR count). The lowest BCUT2D eigenvalue weighted by atomic mass is 10.1. The van der Waals surface area contributed by atoms with E-state index in [2.05, 4.69) is 31.9 Å². The molecule has 0 fully saturated rings. The quantitative estimate of drug-likeness (QED) is 0.508. The predicted octanol–water partition coefficient (Wildman–Crippen LogP) is 3.44. The number of benzene rings is 2. The third-order valence-corrected chi connectivity index (χ3v) is 4.64. The number of anilines is 1. The number of hydrogen-bond donors (Lipinski definition) is 2. The number of nitrogens with zero attached hydrogens (tertiary/aromatic N) is 4. The monoisotopic (exact) mass is 386 g/mol. The molecule has 7 nitrogen and oxygen atoms in total. The molecule has 1 amide bonds. The van der Waals surface area contributed by atoms with Gasteiger partial charge in [0, 0.05) is 18.0 Å². The van der Waals surface area contributed by atoms with E-state index in [1.54, 1.807) is 18.5 Å². The number of carbonyl (C=O) groups is 1. The average Bonchev–Trinajstić information content (AvgIpc) is 3.28. The molecular weight excluding hydrogens is 364 g/mol. The van der Waals surface area contributed by atoms with Crippen LogP contribution in [-0.2, 0) is 0 Å². The van der Waals surface area contributed by atoms with E-state index in [1.165, 1.54) is 4.80 Å². The number of rotatable bonds is 7. The molecule has 1 unspecified atom stereocenters. The lowest BCUT2D eigenvalue weighted by Crippen LogP contribution is -2.34. The summed E-state index contributed by atoms with van der Waals surface area (Å²) in [4.78, 5) is 18.8. The van der Waals surface area contributed by atoms with Crippen molar-refractivity contribution in [1.29, 1.82) is 0 Å². The van der Waals surface area contributed by atoms with Crippen molar-refractivity contribution < 1.29 is 4.79 Å². The SMILES string of the molecule is CC(CCNc1ccc2ccccc2n1)NC(=O)c1ccccc1-n1nccn1. The maximum atomic E-state index is 12.7. The first-order valence-electron chi connectivity index (χ1n) is 9.57. The summed E-state index contributed by atoms with van der Waals surface area (Å²) < 4.78 is 0. The zero-order valence-electron chi connectivity index (χ0n) is 16.1. The van der Waals surface area contributed by atoms with Gasteiger partial charge in [-0.2, -0.15) is 15.0 Å². The summed E-state index contributed by atoms with van der Waals surface area (Å²) in [5.74, 6) is 0.687. The maximum Gasteiger partial charge on any atom is 0.253 e. The topological polar surface area (TPSA) is 84.7 Å². The number of aromatic nitrogens is 4. The third kappa shape index (κ3) is 4.40. The molecule has 0 radical (unpaired) electrons. The fraction of sp³-hybridized carbons (Fsp3) is 0.182. The lowest BCUT2D eigenvalue weighted by molar-refractivity contribution is 0.0938. The van der Waals surface area contributed by atoms with Crippen molar-refractivity contribution in [2.24, 2.45) is 0 Å². The van der Waals surface area contributed by atoms with Gasteiger partial charge in [0.25, 0.3) is 5.91 Å². The first-order chi connectivity index (χ1) is 14.2. The van der Waals surface area contributed by atoms with Gasteiger partial charge in [-0.15, -0.1) is 0 Å². The van der Waals surface area contributed by atoms with E-state index >= 15 is 0 Å². The van der Waals surface area contributed by atoms with Gasteiger partial charge in [0.2, 0.25) is 0 Å². The number of hydrogen-bond acceptors (Lipinski definition) is 5. The molecule has 2 heterocycles. The molecule has 29 heavy (non-hydrogen) atoms. The van der Waals surface area contributed by atoms with Crippen LogP contribution in [0.5, 0.6) is 0 Å². The summed E-state index contributed by atoms with van der Waals surface area (Å²) in [6, 6.07) is 19.3. The first-order valence-corrected chi connectivity index (χ1v) is 9.57. The number of fused-ring (bicyclic) bond motifs is 1. The molecule has 0 bridgehead atoms. The molecule has 7 heteroatoms. The molecule has 2 aromatic carbocycles. The fourth-order valence-electron chi connectivity index (χ4n) is 3.14. The molecule has 0 aliphatic rings. The van der Waals surface area contributed by atoms with Gasteiger partial charge in [-0.05, 0) is 43.7 Å². The van der Waals surface area contributed by atoms with Gasteiger partial charge in [0.15, 0.2) is 0 Å². The van der Waals surface area contributed by atoms with Crippen LogP contribution in [0.3, 0.4) is 0 Å². The van der Waals surface area contributed by atoms with E-state index in [4.69, 9.17) is 0 Å². The highest BCUT2D eigenvalue weighted by atomic mass is 16.1.